The second-order valence-electron chi connectivity index (χ2n) is 15.2. The lowest BCUT2D eigenvalue weighted by Gasteiger charge is -2.19. The first-order valence-corrected chi connectivity index (χ1v) is 19.8. The monoisotopic (exact) mass is 721 g/mol. The zero-order valence-corrected chi connectivity index (χ0v) is 31.2. The maximum Gasteiger partial charge on any atom is 0.0547 e. The Morgan fingerprint density at radius 3 is 1.40 bits per heavy atom. The molecule has 11 aromatic carbocycles. The van der Waals surface area contributed by atoms with Crippen molar-refractivity contribution in [3.63, 3.8) is 0 Å². The van der Waals surface area contributed by atoms with E-state index < -0.39 is 0 Å². The Morgan fingerprint density at radius 2 is 0.737 bits per heavy atom. The van der Waals surface area contributed by atoms with Gasteiger partial charge in [0, 0.05) is 16.5 Å². The van der Waals surface area contributed by atoms with E-state index in [9.17, 15) is 0 Å². The molecule has 0 N–H and O–H groups in total. The van der Waals surface area contributed by atoms with Gasteiger partial charge >= 0.3 is 0 Å². The van der Waals surface area contributed by atoms with Crippen LogP contribution >= 0.6 is 0 Å². The van der Waals surface area contributed by atoms with Gasteiger partial charge in [0.05, 0.1) is 11.0 Å². The van der Waals surface area contributed by atoms with Gasteiger partial charge in [-0.2, -0.15) is 0 Å². The number of nitrogens with zero attached hydrogens (tertiary/aromatic N) is 1. The normalized spacial score (nSPS) is 11.9. The zero-order chi connectivity index (χ0) is 37.5. The van der Waals surface area contributed by atoms with Crippen LogP contribution in [0.3, 0.4) is 0 Å². The quantitative estimate of drug-likeness (QED) is 0.160. The second kappa shape index (κ2) is 12.5. The Balaban J connectivity index is 1.08. The molecule has 0 amide bonds. The fourth-order valence-electron chi connectivity index (χ4n) is 9.56. The van der Waals surface area contributed by atoms with Gasteiger partial charge in [0.25, 0.3) is 0 Å². The molecule has 264 valence electrons. The van der Waals surface area contributed by atoms with Crippen molar-refractivity contribution in [3.8, 4) is 39.1 Å². The minimum Gasteiger partial charge on any atom is -0.309 e. The first-order chi connectivity index (χ1) is 28.3. The van der Waals surface area contributed by atoms with Gasteiger partial charge in [0.1, 0.15) is 0 Å². The van der Waals surface area contributed by atoms with Gasteiger partial charge in [-0.25, -0.2) is 0 Å². The fourth-order valence-corrected chi connectivity index (χ4v) is 9.56. The van der Waals surface area contributed by atoms with Crippen LogP contribution in [0.2, 0.25) is 0 Å². The molecule has 0 atom stereocenters. The molecule has 0 saturated heterocycles. The van der Waals surface area contributed by atoms with E-state index in [1.165, 1.54) is 109 Å². The molecule has 1 heteroatoms. The summed E-state index contributed by atoms with van der Waals surface area (Å²) in [5.74, 6) is 0. The van der Waals surface area contributed by atoms with Crippen molar-refractivity contribution in [2.75, 3.05) is 0 Å². The standard InChI is InChI=1S/C56H35N/c1-3-14-38(15-4-1)53-46-21-11-12-22-47(46)54(39-16-5-2-6-17-39)50-35-42(25-30-48(50)53)36-23-28-44(29-24-36)57-51-31-26-37-13-9-10-20-45(37)55(51)56-49-34-41-19-8-7-18-40(41)33-43(49)27-32-52(56)57/h1-35H. The van der Waals surface area contributed by atoms with Crippen molar-refractivity contribution in [3.05, 3.63) is 212 Å². The molecule has 0 unspecified atom stereocenters. The highest BCUT2D eigenvalue weighted by Crippen LogP contribution is 2.46. The average molecular weight is 722 g/mol. The highest BCUT2D eigenvalue weighted by molar-refractivity contribution is 6.29. The lowest BCUT2D eigenvalue weighted by atomic mass is 9.85. The fraction of sp³-hybridized carbons (Fsp3) is 0. The van der Waals surface area contributed by atoms with Crippen LogP contribution in [0.5, 0.6) is 0 Å². The van der Waals surface area contributed by atoms with Crippen molar-refractivity contribution >= 4 is 75.7 Å². The molecular formula is C56H35N. The van der Waals surface area contributed by atoms with Gasteiger partial charge < -0.3 is 4.57 Å². The molecule has 0 aliphatic heterocycles. The van der Waals surface area contributed by atoms with Crippen molar-refractivity contribution in [1.82, 2.24) is 4.57 Å². The third-order valence-electron chi connectivity index (χ3n) is 12.1. The van der Waals surface area contributed by atoms with Crippen LogP contribution in [-0.4, -0.2) is 4.57 Å². The highest BCUT2D eigenvalue weighted by atomic mass is 15.0. The summed E-state index contributed by atoms with van der Waals surface area (Å²) in [6, 6.07) is 78.3. The molecule has 0 aliphatic carbocycles. The summed E-state index contributed by atoms with van der Waals surface area (Å²) in [5, 5.41) is 15.3. The van der Waals surface area contributed by atoms with Gasteiger partial charge in [0.2, 0.25) is 0 Å². The van der Waals surface area contributed by atoms with Crippen LogP contribution in [0.15, 0.2) is 212 Å². The van der Waals surface area contributed by atoms with Gasteiger partial charge in [-0.05, 0) is 130 Å². The molecule has 0 fully saturated rings. The van der Waals surface area contributed by atoms with E-state index in [1.807, 2.05) is 0 Å². The predicted octanol–water partition coefficient (Wildman–Crippen LogP) is 15.6. The lowest BCUT2D eigenvalue weighted by Crippen LogP contribution is -1.94. The predicted molar refractivity (Wildman–Crippen MR) is 245 cm³/mol. The van der Waals surface area contributed by atoms with E-state index in [0.29, 0.717) is 0 Å². The molecular weight excluding hydrogens is 687 g/mol. The molecule has 0 spiro atoms. The summed E-state index contributed by atoms with van der Waals surface area (Å²) in [6.45, 7) is 0. The number of hydrogen-bond donors (Lipinski definition) is 0. The van der Waals surface area contributed by atoms with Crippen molar-refractivity contribution in [2.24, 2.45) is 0 Å². The summed E-state index contributed by atoms with van der Waals surface area (Å²) < 4.78 is 2.46. The molecule has 12 rings (SSSR count). The van der Waals surface area contributed by atoms with Crippen LogP contribution in [-0.2, 0) is 0 Å². The van der Waals surface area contributed by atoms with Gasteiger partial charge in [0.15, 0.2) is 0 Å². The van der Waals surface area contributed by atoms with E-state index in [1.54, 1.807) is 0 Å². The van der Waals surface area contributed by atoms with E-state index in [-0.39, 0.29) is 0 Å². The molecule has 57 heavy (non-hydrogen) atoms. The van der Waals surface area contributed by atoms with Crippen molar-refractivity contribution in [1.29, 1.82) is 0 Å². The van der Waals surface area contributed by atoms with E-state index in [4.69, 9.17) is 0 Å². The van der Waals surface area contributed by atoms with Crippen LogP contribution in [0.1, 0.15) is 0 Å². The molecule has 0 radical (unpaired) electrons. The largest absolute Gasteiger partial charge is 0.309 e. The first kappa shape index (κ1) is 31.8. The minimum absolute atomic E-state index is 1.15. The molecule has 0 bridgehead atoms. The molecule has 1 aromatic heterocycles. The first-order valence-electron chi connectivity index (χ1n) is 19.8. The van der Waals surface area contributed by atoms with Gasteiger partial charge in [-0.1, -0.05) is 170 Å². The Labute approximate surface area is 330 Å². The second-order valence-corrected chi connectivity index (χ2v) is 15.2. The van der Waals surface area contributed by atoms with Crippen molar-refractivity contribution in [2.45, 2.75) is 0 Å². The Bertz CT molecular complexity index is 3540. The summed E-state index contributed by atoms with van der Waals surface area (Å²) >= 11 is 0. The number of benzene rings is 11. The highest BCUT2D eigenvalue weighted by Gasteiger charge is 2.20. The molecule has 1 heterocycles. The average Bonchev–Trinajstić information content (AvgIpc) is 3.63. The number of rotatable bonds is 4. The summed E-state index contributed by atoms with van der Waals surface area (Å²) in [5.41, 5.74) is 11.0. The SMILES string of the molecule is c1ccc(-c2c3ccccc3c(-c3ccccc3)c3cc(-c4ccc(-n5c6ccc7ccccc7c6c6c7cc8ccccc8cc7ccc65)cc4)ccc23)cc1. The lowest BCUT2D eigenvalue weighted by molar-refractivity contribution is 1.18. The van der Waals surface area contributed by atoms with Crippen LogP contribution in [0.4, 0.5) is 0 Å². The van der Waals surface area contributed by atoms with E-state index in [0.717, 1.165) is 5.69 Å². The maximum absolute atomic E-state index is 2.46. The van der Waals surface area contributed by atoms with Crippen molar-refractivity contribution < 1.29 is 0 Å². The topological polar surface area (TPSA) is 4.93 Å². The Kier molecular flexibility index (Phi) is 7.00. The summed E-state index contributed by atoms with van der Waals surface area (Å²) in [4.78, 5) is 0. The zero-order valence-electron chi connectivity index (χ0n) is 31.2. The number of aromatic nitrogens is 1. The van der Waals surface area contributed by atoms with Crippen LogP contribution in [0.25, 0.3) is 115 Å². The van der Waals surface area contributed by atoms with E-state index in [2.05, 4.69) is 217 Å². The van der Waals surface area contributed by atoms with Gasteiger partial charge in [-0.3, -0.25) is 0 Å². The number of hydrogen-bond acceptors (Lipinski definition) is 0. The van der Waals surface area contributed by atoms with E-state index >= 15 is 0 Å². The summed E-state index contributed by atoms with van der Waals surface area (Å²) in [7, 11) is 0. The maximum atomic E-state index is 2.46. The Hall–Kier alpha value is -7.48. The molecule has 0 saturated carbocycles. The summed E-state index contributed by atoms with van der Waals surface area (Å²) in [6.07, 6.45) is 0. The van der Waals surface area contributed by atoms with Gasteiger partial charge in [-0.15, -0.1) is 0 Å². The van der Waals surface area contributed by atoms with Crippen LogP contribution in [0, 0.1) is 0 Å². The molecule has 1 nitrogen and oxygen atoms in total. The Morgan fingerprint density at radius 1 is 0.246 bits per heavy atom. The third kappa shape index (κ3) is 4.89. The third-order valence-corrected chi connectivity index (χ3v) is 12.1. The molecule has 0 aliphatic rings. The molecule has 12 aromatic rings. The number of fused-ring (bicyclic) bond motifs is 10. The smallest absolute Gasteiger partial charge is 0.0547 e. The minimum atomic E-state index is 1.15. The van der Waals surface area contributed by atoms with Crippen LogP contribution < -0.4 is 0 Å².